The average Bonchev–Trinajstić information content (AvgIpc) is 2.27. The van der Waals surface area contributed by atoms with Crippen molar-refractivity contribution in [1.82, 2.24) is 0 Å². The van der Waals surface area contributed by atoms with Crippen molar-refractivity contribution >= 4 is 0 Å². The summed E-state index contributed by atoms with van der Waals surface area (Å²) in [5.74, 6) is 1.03. The Bertz CT molecular complexity index is 333. The van der Waals surface area contributed by atoms with Crippen LogP contribution in [0.2, 0.25) is 0 Å². The number of hydrogen-bond donors (Lipinski definition) is 1. The van der Waals surface area contributed by atoms with Crippen LogP contribution in [0.1, 0.15) is 17.9 Å². The maximum absolute atomic E-state index is 9.76. The average molecular weight is 190 g/mol. The minimum Gasteiger partial charge on any atom is -0.493 e. The van der Waals surface area contributed by atoms with E-state index in [1.54, 1.807) is 6.08 Å². The van der Waals surface area contributed by atoms with Gasteiger partial charge in [-0.1, -0.05) is 24.3 Å². The van der Waals surface area contributed by atoms with Gasteiger partial charge in [0.2, 0.25) is 0 Å². The van der Waals surface area contributed by atoms with E-state index in [2.05, 4.69) is 6.58 Å². The van der Waals surface area contributed by atoms with Gasteiger partial charge < -0.3 is 9.84 Å². The molecule has 1 aromatic rings. The molecule has 1 heterocycles. The molecule has 0 spiro atoms. The number of ether oxygens (including phenoxy) is 1. The Balaban J connectivity index is 2.35. The number of benzene rings is 1. The van der Waals surface area contributed by atoms with Crippen molar-refractivity contribution in [1.29, 1.82) is 0 Å². The molecular weight excluding hydrogens is 176 g/mol. The Morgan fingerprint density at radius 2 is 2.29 bits per heavy atom. The summed E-state index contributed by atoms with van der Waals surface area (Å²) in [5, 5.41) is 9.76. The van der Waals surface area contributed by atoms with Crippen LogP contribution in [-0.2, 0) is 0 Å². The first-order valence-corrected chi connectivity index (χ1v) is 4.85. The predicted octanol–water partition coefficient (Wildman–Crippen LogP) is 2.10. The lowest BCUT2D eigenvalue weighted by atomic mass is 9.88. The molecule has 1 aliphatic rings. The van der Waals surface area contributed by atoms with E-state index in [4.69, 9.17) is 4.74 Å². The summed E-state index contributed by atoms with van der Waals surface area (Å²) in [7, 11) is 0. The van der Waals surface area contributed by atoms with E-state index in [0.29, 0.717) is 6.61 Å². The molecule has 0 amide bonds. The van der Waals surface area contributed by atoms with Gasteiger partial charge in [0.05, 0.1) is 12.7 Å². The second-order valence-electron chi connectivity index (χ2n) is 3.51. The SMILES string of the molecule is C=CC(O)C1CCOc2ccccc21. The first kappa shape index (κ1) is 9.28. The quantitative estimate of drug-likeness (QED) is 0.724. The molecule has 2 atom stereocenters. The highest BCUT2D eigenvalue weighted by molar-refractivity contribution is 5.38. The van der Waals surface area contributed by atoms with Gasteiger partial charge in [-0.25, -0.2) is 0 Å². The Hall–Kier alpha value is -1.28. The molecule has 14 heavy (non-hydrogen) atoms. The van der Waals surface area contributed by atoms with Gasteiger partial charge in [-0.2, -0.15) is 0 Å². The Labute approximate surface area is 83.8 Å². The van der Waals surface area contributed by atoms with Crippen molar-refractivity contribution in [3.8, 4) is 5.75 Å². The van der Waals surface area contributed by atoms with E-state index in [0.717, 1.165) is 17.7 Å². The van der Waals surface area contributed by atoms with Gasteiger partial charge in [0.25, 0.3) is 0 Å². The summed E-state index contributed by atoms with van der Waals surface area (Å²) >= 11 is 0. The number of hydrogen-bond acceptors (Lipinski definition) is 2. The van der Waals surface area contributed by atoms with Crippen molar-refractivity contribution in [3.05, 3.63) is 42.5 Å². The zero-order valence-electron chi connectivity index (χ0n) is 8.02. The van der Waals surface area contributed by atoms with E-state index >= 15 is 0 Å². The Morgan fingerprint density at radius 1 is 1.50 bits per heavy atom. The van der Waals surface area contributed by atoms with Crippen LogP contribution in [0.5, 0.6) is 5.75 Å². The number of fused-ring (bicyclic) bond motifs is 1. The van der Waals surface area contributed by atoms with Gasteiger partial charge in [-0.15, -0.1) is 6.58 Å². The summed E-state index contributed by atoms with van der Waals surface area (Å²) < 4.78 is 5.50. The van der Waals surface area contributed by atoms with Gasteiger partial charge in [0.1, 0.15) is 5.75 Å². The van der Waals surface area contributed by atoms with E-state index < -0.39 is 6.10 Å². The molecule has 1 aliphatic heterocycles. The molecular formula is C12H14O2. The molecule has 2 nitrogen and oxygen atoms in total. The zero-order valence-corrected chi connectivity index (χ0v) is 8.02. The first-order valence-electron chi connectivity index (χ1n) is 4.85. The van der Waals surface area contributed by atoms with Crippen molar-refractivity contribution in [2.75, 3.05) is 6.61 Å². The minimum absolute atomic E-state index is 0.137. The molecule has 0 aromatic heterocycles. The summed E-state index contributed by atoms with van der Waals surface area (Å²) in [5.41, 5.74) is 1.09. The molecule has 0 radical (unpaired) electrons. The minimum atomic E-state index is -0.472. The van der Waals surface area contributed by atoms with Crippen LogP contribution in [0.25, 0.3) is 0 Å². The molecule has 0 aliphatic carbocycles. The third kappa shape index (κ3) is 1.53. The highest BCUT2D eigenvalue weighted by Crippen LogP contribution is 2.35. The Morgan fingerprint density at radius 3 is 3.07 bits per heavy atom. The molecule has 1 N–H and O–H groups in total. The molecule has 0 saturated heterocycles. The topological polar surface area (TPSA) is 29.5 Å². The van der Waals surface area contributed by atoms with Crippen molar-refractivity contribution in [3.63, 3.8) is 0 Å². The van der Waals surface area contributed by atoms with Crippen molar-refractivity contribution in [2.45, 2.75) is 18.4 Å². The van der Waals surface area contributed by atoms with Gasteiger partial charge in [0.15, 0.2) is 0 Å². The normalized spacial score (nSPS) is 21.9. The Kier molecular flexibility index (Phi) is 2.55. The second-order valence-corrected chi connectivity index (χ2v) is 3.51. The van der Waals surface area contributed by atoms with Crippen LogP contribution >= 0.6 is 0 Å². The van der Waals surface area contributed by atoms with Crippen LogP contribution in [0.3, 0.4) is 0 Å². The van der Waals surface area contributed by atoms with E-state index in [9.17, 15) is 5.11 Å². The summed E-state index contributed by atoms with van der Waals surface area (Å²) in [4.78, 5) is 0. The smallest absolute Gasteiger partial charge is 0.122 e. The lowest BCUT2D eigenvalue weighted by molar-refractivity contribution is 0.154. The molecule has 2 unspecified atom stereocenters. The monoisotopic (exact) mass is 190 g/mol. The molecule has 0 fully saturated rings. The number of rotatable bonds is 2. The van der Waals surface area contributed by atoms with E-state index in [-0.39, 0.29) is 5.92 Å². The fourth-order valence-electron chi connectivity index (χ4n) is 1.89. The summed E-state index contributed by atoms with van der Waals surface area (Å²) in [6, 6.07) is 7.86. The second kappa shape index (κ2) is 3.84. The molecule has 74 valence electrons. The van der Waals surface area contributed by atoms with E-state index in [1.807, 2.05) is 24.3 Å². The number of para-hydroxylation sites is 1. The van der Waals surface area contributed by atoms with Crippen LogP contribution in [-0.4, -0.2) is 17.8 Å². The largest absolute Gasteiger partial charge is 0.493 e. The van der Waals surface area contributed by atoms with Crippen LogP contribution in [0.15, 0.2) is 36.9 Å². The summed E-state index contributed by atoms with van der Waals surface area (Å²) in [6.07, 6.45) is 1.97. The third-order valence-corrected chi connectivity index (χ3v) is 2.66. The van der Waals surface area contributed by atoms with Gasteiger partial charge in [-0.3, -0.25) is 0 Å². The maximum Gasteiger partial charge on any atom is 0.122 e. The number of aliphatic hydroxyl groups excluding tert-OH is 1. The third-order valence-electron chi connectivity index (χ3n) is 2.66. The van der Waals surface area contributed by atoms with Crippen LogP contribution < -0.4 is 4.74 Å². The van der Waals surface area contributed by atoms with Crippen molar-refractivity contribution in [2.24, 2.45) is 0 Å². The highest BCUT2D eigenvalue weighted by atomic mass is 16.5. The fraction of sp³-hybridized carbons (Fsp3) is 0.333. The highest BCUT2D eigenvalue weighted by Gasteiger charge is 2.25. The standard InChI is InChI=1S/C12H14O2/c1-2-11(13)9-7-8-14-12-6-4-3-5-10(9)12/h2-6,9,11,13H,1,7-8H2. The van der Waals surface area contributed by atoms with Crippen LogP contribution in [0, 0.1) is 0 Å². The molecule has 0 saturated carbocycles. The predicted molar refractivity (Wildman–Crippen MR) is 55.5 cm³/mol. The lowest BCUT2D eigenvalue weighted by Gasteiger charge is -2.27. The molecule has 0 bridgehead atoms. The molecule has 1 aromatic carbocycles. The molecule has 2 heteroatoms. The first-order chi connectivity index (χ1) is 6.83. The molecule has 2 rings (SSSR count). The zero-order chi connectivity index (χ0) is 9.97. The maximum atomic E-state index is 9.76. The van der Waals surface area contributed by atoms with Gasteiger partial charge in [0, 0.05) is 11.5 Å². The lowest BCUT2D eigenvalue weighted by Crippen LogP contribution is -2.23. The number of aliphatic hydroxyl groups is 1. The van der Waals surface area contributed by atoms with E-state index in [1.165, 1.54) is 0 Å². The van der Waals surface area contributed by atoms with Gasteiger partial charge in [-0.05, 0) is 12.5 Å². The van der Waals surface area contributed by atoms with Crippen molar-refractivity contribution < 1.29 is 9.84 Å². The van der Waals surface area contributed by atoms with Crippen LogP contribution in [0.4, 0.5) is 0 Å². The summed E-state index contributed by atoms with van der Waals surface area (Å²) in [6.45, 7) is 4.29. The van der Waals surface area contributed by atoms with Gasteiger partial charge >= 0.3 is 0 Å². The fourth-order valence-corrected chi connectivity index (χ4v) is 1.89.